The molecule has 0 bridgehead atoms. The van der Waals surface area contributed by atoms with Crippen LogP contribution in [0.3, 0.4) is 0 Å². The van der Waals surface area contributed by atoms with Crippen LogP contribution in [0, 0.1) is 20.8 Å². The monoisotopic (exact) mass is 330 g/mol. The highest BCUT2D eigenvalue weighted by Crippen LogP contribution is 2.24. The first-order chi connectivity index (χ1) is 9.70. The summed E-state index contributed by atoms with van der Waals surface area (Å²) in [6.45, 7) is 4.41. The van der Waals surface area contributed by atoms with Gasteiger partial charge in [-0.1, -0.05) is 0 Å². The van der Waals surface area contributed by atoms with Crippen molar-refractivity contribution in [3.8, 4) is 0 Å². The Hall–Kier alpha value is -1.94. The second-order valence-corrected chi connectivity index (χ2v) is 6.93. The van der Waals surface area contributed by atoms with E-state index in [1.165, 1.54) is 25.2 Å². The van der Waals surface area contributed by atoms with Gasteiger partial charge >= 0.3 is 5.97 Å². The van der Waals surface area contributed by atoms with Crippen LogP contribution < -0.4 is 4.72 Å². The lowest BCUT2D eigenvalue weighted by Gasteiger charge is -2.06. The van der Waals surface area contributed by atoms with E-state index < -0.39 is 22.5 Å². The van der Waals surface area contributed by atoms with E-state index in [0.717, 1.165) is 4.68 Å². The van der Waals surface area contributed by atoms with Crippen molar-refractivity contribution >= 4 is 32.5 Å². The number of carboxylic acids is 1. The molecule has 0 atom stereocenters. The molecule has 0 saturated heterocycles. The maximum absolute atomic E-state index is 12.4. The van der Waals surface area contributed by atoms with Crippen LogP contribution in [0.2, 0.25) is 0 Å². The Morgan fingerprint density at radius 1 is 1.43 bits per heavy atom. The molecular formula is C11H14N4O4S2. The highest BCUT2D eigenvalue weighted by atomic mass is 32.2. The lowest BCUT2D eigenvalue weighted by molar-refractivity contribution is -0.137. The normalized spacial score (nSPS) is 11.6. The van der Waals surface area contributed by atoms with Crippen LogP contribution in [-0.2, 0) is 21.4 Å². The van der Waals surface area contributed by atoms with E-state index in [-0.39, 0.29) is 21.4 Å². The highest BCUT2D eigenvalue weighted by Gasteiger charge is 2.26. The zero-order valence-corrected chi connectivity index (χ0v) is 13.2. The van der Waals surface area contributed by atoms with E-state index in [9.17, 15) is 13.2 Å². The summed E-state index contributed by atoms with van der Waals surface area (Å²) >= 11 is 1.18. The van der Waals surface area contributed by atoms with Crippen molar-refractivity contribution in [2.75, 3.05) is 4.72 Å². The Kier molecular flexibility index (Phi) is 4.01. The molecule has 0 amide bonds. The summed E-state index contributed by atoms with van der Waals surface area (Å²) in [7, 11) is -3.85. The van der Waals surface area contributed by atoms with Crippen molar-refractivity contribution in [1.82, 2.24) is 14.8 Å². The van der Waals surface area contributed by atoms with Crippen LogP contribution >= 0.6 is 11.3 Å². The molecule has 0 aromatic carbocycles. The van der Waals surface area contributed by atoms with Gasteiger partial charge < -0.3 is 5.11 Å². The van der Waals surface area contributed by atoms with Crippen LogP contribution in [-0.4, -0.2) is 34.3 Å². The molecule has 2 aromatic rings. The minimum atomic E-state index is -3.85. The minimum absolute atomic E-state index is 0.0170. The van der Waals surface area contributed by atoms with E-state index in [1.807, 2.05) is 0 Å². The summed E-state index contributed by atoms with van der Waals surface area (Å²) in [5, 5.41) is 14.8. The molecule has 2 heterocycles. The first-order valence-electron chi connectivity index (χ1n) is 5.91. The molecule has 2 N–H and O–H groups in total. The van der Waals surface area contributed by atoms with Crippen LogP contribution in [0.25, 0.3) is 0 Å². The Labute approximate surface area is 125 Å². The summed E-state index contributed by atoms with van der Waals surface area (Å²) in [4.78, 5) is 14.8. The zero-order valence-electron chi connectivity index (χ0n) is 11.6. The molecule has 0 spiro atoms. The van der Waals surface area contributed by atoms with Gasteiger partial charge in [-0.25, -0.2) is 13.4 Å². The molecule has 0 unspecified atom stereocenters. The maximum atomic E-state index is 12.4. The first-order valence-corrected chi connectivity index (χ1v) is 8.27. The number of hydrogen-bond donors (Lipinski definition) is 2. The van der Waals surface area contributed by atoms with Gasteiger partial charge in [-0.15, -0.1) is 11.3 Å². The molecule has 0 saturated carbocycles. The Bertz CT molecular complexity index is 791. The van der Waals surface area contributed by atoms with E-state index in [4.69, 9.17) is 5.11 Å². The van der Waals surface area contributed by atoms with Gasteiger partial charge in [0.1, 0.15) is 11.4 Å². The smallest absolute Gasteiger partial charge is 0.325 e. The molecular weight excluding hydrogens is 316 g/mol. The molecule has 2 rings (SSSR count). The Morgan fingerprint density at radius 3 is 2.62 bits per heavy atom. The maximum Gasteiger partial charge on any atom is 0.325 e. The van der Waals surface area contributed by atoms with Gasteiger partial charge in [0.05, 0.1) is 17.1 Å². The van der Waals surface area contributed by atoms with Crippen molar-refractivity contribution in [2.45, 2.75) is 32.2 Å². The van der Waals surface area contributed by atoms with Crippen LogP contribution in [0.4, 0.5) is 5.13 Å². The minimum Gasteiger partial charge on any atom is -0.480 e. The lowest BCUT2D eigenvalue weighted by Crippen LogP contribution is -2.16. The SMILES string of the molecule is Cc1csc(NS(=O)(=O)c2c(C)nn(CC(=O)O)c2C)n1. The molecule has 0 aliphatic heterocycles. The quantitative estimate of drug-likeness (QED) is 0.850. The number of hydrogen-bond acceptors (Lipinski definition) is 6. The molecule has 0 aliphatic carbocycles. The molecule has 0 aliphatic rings. The lowest BCUT2D eigenvalue weighted by atomic mass is 10.4. The molecule has 0 fully saturated rings. The molecule has 2 aromatic heterocycles. The van der Waals surface area contributed by atoms with Gasteiger partial charge in [-0.05, 0) is 20.8 Å². The second kappa shape index (κ2) is 5.45. The number of rotatable bonds is 5. The number of sulfonamides is 1. The Balaban J connectivity index is 2.40. The fourth-order valence-electron chi connectivity index (χ4n) is 1.92. The van der Waals surface area contributed by atoms with Crippen molar-refractivity contribution in [3.05, 3.63) is 22.5 Å². The Morgan fingerprint density at radius 2 is 2.10 bits per heavy atom. The third-order valence-corrected chi connectivity index (χ3v) is 5.30. The average molecular weight is 330 g/mol. The van der Waals surface area contributed by atoms with E-state index in [2.05, 4.69) is 14.8 Å². The fourth-order valence-corrected chi connectivity index (χ4v) is 4.27. The number of aromatic nitrogens is 3. The molecule has 21 heavy (non-hydrogen) atoms. The van der Waals surface area contributed by atoms with Crippen LogP contribution in [0.5, 0.6) is 0 Å². The van der Waals surface area contributed by atoms with E-state index >= 15 is 0 Å². The van der Waals surface area contributed by atoms with E-state index in [1.54, 1.807) is 12.3 Å². The number of aliphatic carboxylic acids is 1. The predicted molar refractivity (Wildman–Crippen MR) is 77.0 cm³/mol. The van der Waals surface area contributed by atoms with Gasteiger partial charge in [0.2, 0.25) is 0 Å². The number of nitrogens with zero attached hydrogens (tertiary/aromatic N) is 3. The summed E-state index contributed by atoms with van der Waals surface area (Å²) < 4.78 is 28.3. The van der Waals surface area contributed by atoms with Crippen LogP contribution in [0.1, 0.15) is 17.1 Å². The number of anilines is 1. The summed E-state index contributed by atoms with van der Waals surface area (Å²) in [5.74, 6) is -1.09. The summed E-state index contributed by atoms with van der Waals surface area (Å²) in [5.41, 5.74) is 1.23. The molecule has 8 nitrogen and oxygen atoms in total. The molecule has 0 radical (unpaired) electrons. The molecule has 10 heteroatoms. The third-order valence-electron chi connectivity index (χ3n) is 2.71. The largest absolute Gasteiger partial charge is 0.480 e. The fraction of sp³-hybridized carbons (Fsp3) is 0.364. The van der Waals surface area contributed by atoms with Gasteiger partial charge in [0.15, 0.2) is 5.13 Å². The number of nitrogens with one attached hydrogen (secondary N) is 1. The van der Waals surface area contributed by atoms with Gasteiger partial charge in [0.25, 0.3) is 10.0 Å². The summed E-state index contributed by atoms with van der Waals surface area (Å²) in [6.07, 6.45) is 0. The standard InChI is InChI=1S/C11H14N4O4S2/c1-6-5-20-11(12-6)14-21(18,19)10-7(2)13-15(8(10)3)4-9(16)17/h5H,4H2,1-3H3,(H,12,14)(H,16,17). The van der Waals surface area contributed by atoms with Gasteiger partial charge in [-0.3, -0.25) is 14.2 Å². The van der Waals surface area contributed by atoms with Gasteiger partial charge in [-0.2, -0.15) is 5.10 Å². The van der Waals surface area contributed by atoms with Crippen molar-refractivity contribution < 1.29 is 18.3 Å². The topological polar surface area (TPSA) is 114 Å². The first kappa shape index (κ1) is 15.4. The number of carbonyl (C=O) groups is 1. The number of thiazole rings is 1. The average Bonchev–Trinajstić information content (AvgIpc) is 2.82. The van der Waals surface area contributed by atoms with Crippen molar-refractivity contribution in [2.24, 2.45) is 0 Å². The second-order valence-electron chi connectivity index (χ2n) is 4.45. The van der Waals surface area contributed by atoms with Crippen LogP contribution in [0.15, 0.2) is 10.3 Å². The van der Waals surface area contributed by atoms with Gasteiger partial charge in [0, 0.05) is 5.38 Å². The highest BCUT2D eigenvalue weighted by molar-refractivity contribution is 7.93. The predicted octanol–water partition coefficient (Wildman–Crippen LogP) is 1.15. The van der Waals surface area contributed by atoms with Crippen molar-refractivity contribution in [1.29, 1.82) is 0 Å². The molecule has 114 valence electrons. The number of aryl methyl sites for hydroxylation is 2. The third kappa shape index (κ3) is 3.22. The zero-order chi connectivity index (χ0) is 15.8. The van der Waals surface area contributed by atoms with Crippen molar-refractivity contribution in [3.63, 3.8) is 0 Å². The summed E-state index contributed by atoms with van der Waals surface area (Å²) in [6, 6.07) is 0. The van der Waals surface area contributed by atoms with E-state index in [0.29, 0.717) is 5.69 Å². The number of carboxylic acid groups (broad SMARTS) is 1.